The van der Waals surface area contributed by atoms with E-state index >= 15 is 0 Å². The molecule has 0 fully saturated rings. The molecule has 0 aliphatic rings. The van der Waals surface area contributed by atoms with Gasteiger partial charge in [0.1, 0.15) is 0 Å². The third-order valence-electron chi connectivity index (χ3n) is 1.47. The van der Waals surface area contributed by atoms with Gasteiger partial charge in [0.15, 0.2) is 5.25 Å². The first-order chi connectivity index (χ1) is 8.66. The summed E-state index contributed by atoms with van der Waals surface area (Å²) in [6.45, 7) is 8.18. The molecule has 0 heterocycles. The summed E-state index contributed by atoms with van der Waals surface area (Å²) in [5, 5.41) is 13.9. The van der Waals surface area contributed by atoms with E-state index in [1.165, 1.54) is 0 Å². The zero-order valence-corrected chi connectivity index (χ0v) is 10.9. The molecule has 0 aliphatic carbocycles. The van der Waals surface area contributed by atoms with Crippen LogP contribution in [0.5, 0.6) is 0 Å². The van der Waals surface area contributed by atoms with Gasteiger partial charge in [-0.15, -0.1) is 13.2 Å². The van der Waals surface area contributed by atoms with Crippen LogP contribution >= 0.6 is 0 Å². The molecule has 112 valence electrons. The maximum atomic E-state index is 10.2. The van der Waals surface area contributed by atoms with E-state index in [1.807, 2.05) is 0 Å². The molecule has 0 aromatic heterocycles. The van der Waals surface area contributed by atoms with Crippen LogP contribution < -0.4 is 0 Å². The average molecular weight is 320 g/mol. The van der Waals surface area contributed by atoms with Crippen molar-refractivity contribution in [1.82, 2.24) is 0 Å². The third kappa shape index (κ3) is 15.3. The monoisotopic (exact) mass is 320 g/mol. The number of rotatable bonds is 8. The van der Waals surface area contributed by atoms with Crippen molar-refractivity contribution < 1.29 is 37.5 Å². The van der Waals surface area contributed by atoms with Gasteiger partial charge in [-0.1, -0.05) is 12.2 Å². The SMILES string of the molecule is C=CCOCC=C.O=C(O)CC(C(=O)O)S(=O)(=O)O.[NaH]. The summed E-state index contributed by atoms with van der Waals surface area (Å²) in [5.74, 6) is -3.50. The number of ether oxygens (including phenoxy) is 1. The van der Waals surface area contributed by atoms with Crippen molar-refractivity contribution in [2.45, 2.75) is 11.7 Å². The normalized spacial score (nSPS) is 11.1. The molecule has 8 nitrogen and oxygen atoms in total. The van der Waals surface area contributed by atoms with Crippen LogP contribution in [0.2, 0.25) is 0 Å². The van der Waals surface area contributed by atoms with Gasteiger partial charge in [0.2, 0.25) is 0 Å². The van der Waals surface area contributed by atoms with E-state index in [1.54, 1.807) is 12.2 Å². The number of carbonyl (C=O) groups is 2. The van der Waals surface area contributed by atoms with Crippen molar-refractivity contribution in [2.24, 2.45) is 0 Å². The van der Waals surface area contributed by atoms with Gasteiger partial charge >= 0.3 is 41.5 Å². The first kappa shape index (κ1) is 24.3. The van der Waals surface area contributed by atoms with Gasteiger partial charge in [-0.25, -0.2) is 0 Å². The summed E-state index contributed by atoms with van der Waals surface area (Å²) in [6.07, 6.45) is 2.27. The molecule has 1 unspecified atom stereocenters. The molecule has 1 atom stereocenters. The zero-order valence-electron chi connectivity index (χ0n) is 10.1. The quantitative estimate of drug-likeness (QED) is 0.236. The number of carboxylic acids is 2. The molecule has 3 N–H and O–H groups in total. The van der Waals surface area contributed by atoms with Gasteiger partial charge in [-0.3, -0.25) is 14.1 Å². The summed E-state index contributed by atoms with van der Waals surface area (Å²) < 4.78 is 33.6. The van der Waals surface area contributed by atoms with E-state index < -0.39 is 33.7 Å². The standard InChI is InChI=1S/C6H10O.C4H6O7S.Na.H/c1-3-5-7-6-4-2;5-3(6)1-2(4(7)8)12(9,10)11;;/h3-4H,1-2,5-6H2;2H,1H2,(H,5,6)(H,7,8)(H,9,10,11);;. The molecule has 0 saturated heterocycles. The van der Waals surface area contributed by atoms with E-state index in [9.17, 15) is 18.0 Å². The van der Waals surface area contributed by atoms with Crippen LogP contribution in [0, 0.1) is 0 Å². The Morgan fingerprint density at radius 3 is 1.70 bits per heavy atom. The fourth-order valence-corrected chi connectivity index (χ4v) is 1.32. The van der Waals surface area contributed by atoms with Crippen molar-refractivity contribution in [1.29, 1.82) is 0 Å². The van der Waals surface area contributed by atoms with Crippen molar-refractivity contribution in [2.75, 3.05) is 13.2 Å². The van der Waals surface area contributed by atoms with Gasteiger partial charge in [-0.2, -0.15) is 8.42 Å². The Balaban J connectivity index is -0.000000312. The second kappa shape index (κ2) is 13.3. The van der Waals surface area contributed by atoms with Gasteiger partial charge in [0, 0.05) is 0 Å². The van der Waals surface area contributed by atoms with Crippen molar-refractivity contribution in [3.8, 4) is 0 Å². The van der Waals surface area contributed by atoms with Crippen LogP contribution in [0.15, 0.2) is 25.3 Å². The molecule has 0 rings (SSSR count). The van der Waals surface area contributed by atoms with Crippen molar-refractivity contribution in [3.05, 3.63) is 25.3 Å². The minimum absolute atomic E-state index is 0. The van der Waals surface area contributed by atoms with Crippen LogP contribution in [0.25, 0.3) is 0 Å². The maximum absolute atomic E-state index is 10.2. The summed E-state index contributed by atoms with van der Waals surface area (Å²) in [5.41, 5.74) is 0. The molecule has 0 aromatic carbocycles. The fraction of sp³-hybridized carbons (Fsp3) is 0.400. The molecule has 20 heavy (non-hydrogen) atoms. The Kier molecular flexibility index (Phi) is 16.1. The molecular formula is C10H17NaO8S. The predicted molar refractivity (Wildman–Crippen MR) is 73.6 cm³/mol. The van der Waals surface area contributed by atoms with Gasteiger partial charge in [0.25, 0.3) is 10.1 Å². The Morgan fingerprint density at radius 2 is 1.55 bits per heavy atom. The van der Waals surface area contributed by atoms with Crippen LogP contribution in [0.4, 0.5) is 0 Å². The second-order valence-corrected chi connectivity index (χ2v) is 4.65. The first-order valence-electron chi connectivity index (χ1n) is 4.87. The zero-order chi connectivity index (χ0) is 15.5. The van der Waals surface area contributed by atoms with Gasteiger partial charge in [0.05, 0.1) is 19.6 Å². The molecule has 0 aromatic rings. The van der Waals surface area contributed by atoms with Crippen molar-refractivity contribution >= 4 is 51.6 Å². The minimum atomic E-state index is -4.84. The van der Waals surface area contributed by atoms with Crippen LogP contribution in [-0.2, 0) is 24.4 Å². The Hall–Kier alpha value is -0.710. The van der Waals surface area contributed by atoms with Crippen LogP contribution in [-0.4, -0.2) is 83.1 Å². The van der Waals surface area contributed by atoms with E-state index in [2.05, 4.69) is 13.2 Å². The van der Waals surface area contributed by atoms with Crippen LogP contribution in [0.1, 0.15) is 6.42 Å². The molecule has 0 bridgehead atoms. The molecule has 10 heteroatoms. The van der Waals surface area contributed by atoms with E-state index in [0.717, 1.165) is 0 Å². The van der Waals surface area contributed by atoms with Gasteiger partial charge < -0.3 is 14.9 Å². The molecule has 0 amide bonds. The Labute approximate surface area is 139 Å². The molecule has 0 saturated carbocycles. The second-order valence-electron chi connectivity index (χ2n) is 3.05. The number of carboxylic acid groups (broad SMARTS) is 2. The van der Waals surface area contributed by atoms with Gasteiger partial charge in [-0.05, 0) is 0 Å². The van der Waals surface area contributed by atoms with E-state index in [4.69, 9.17) is 19.5 Å². The summed E-state index contributed by atoms with van der Waals surface area (Å²) >= 11 is 0. The van der Waals surface area contributed by atoms with E-state index in [-0.39, 0.29) is 29.6 Å². The fourth-order valence-electron chi connectivity index (χ4n) is 0.713. The number of hydrogen-bond acceptors (Lipinski definition) is 5. The molecule has 0 spiro atoms. The summed E-state index contributed by atoms with van der Waals surface area (Å²) in [6, 6.07) is 0. The van der Waals surface area contributed by atoms with Crippen LogP contribution in [0.3, 0.4) is 0 Å². The topological polar surface area (TPSA) is 138 Å². The summed E-state index contributed by atoms with van der Waals surface area (Å²) in [7, 11) is -4.84. The average Bonchev–Trinajstić information content (AvgIpc) is 2.25. The number of hydrogen-bond donors (Lipinski definition) is 3. The third-order valence-corrected chi connectivity index (χ3v) is 2.55. The molecule has 0 radical (unpaired) electrons. The first-order valence-corrected chi connectivity index (χ1v) is 6.37. The predicted octanol–water partition coefficient (Wildman–Crippen LogP) is -0.471. The molecule has 0 aliphatic heterocycles. The summed E-state index contributed by atoms with van der Waals surface area (Å²) in [4.78, 5) is 20.0. The molecular weight excluding hydrogens is 303 g/mol. The van der Waals surface area contributed by atoms with Crippen molar-refractivity contribution in [3.63, 3.8) is 0 Å². The Bertz CT molecular complexity index is 409. The number of aliphatic carboxylic acids is 2. The van der Waals surface area contributed by atoms with E-state index in [0.29, 0.717) is 13.2 Å². The Morgan fingerprint density at radius 1 is 1.15 bits per heavy atom.